The van der Waals surface area contributed by atoms with Gasteiger partial charge in [0.15, 0.2) is 6.10 Å². The summed E-state index contributed by atoms with van der Waals surface area (Å²) >= 11 is 5.76. The number of Topliss-reactive ketones (excluding diaryl/α,β-unsaturated/α-hetero) is 1. The first-order valence-corrected chi connectivity index (χ1v) is 7.28. The maximum atomic E-state index is 13.4. The smallest absolute Gasteiger partial charge is 0.331 e. The number of carbonyl (C=O) groups excluding carboxylic acids is 2. The molecule has 5 heteroatoms. The lowest BCUT2D eigenvalue weighted by Crippen LogP contribution is -2.23. The summed E-state index contributed by atoms with van der Waals surface area (Å²) in [4.78, 5) is 23.8. The summed E-state index contributed by atoms with van der Waals surface area (Å²) in [5.41, 5.74) is 0.661. The Morgan fingerprint density at radius 1 is 1.13 bits per heavy atom. The van der Waals surface area contributed by atoms with Crippen LogP contribution in [0, 0.1) is 5.82 Å². The lowest BCUT2D eigenvalue weighted by Gasteiger charge is -2.10. The first-order valence-electron chi connectivity index (χ1n) is 6.90. The van der Waals surface area contributed by atoms with Crippen LogP contribution >= 0.6 is 11.6 Å². The van der Waals surface area contributed by atoms with Gasteiger partial charge in [0.25, 0.3) is 0 Å². The molecule has 0 aliphatic carbocycles. The van der Waals surface area contributed by atoms with Crippen LogP contribution in [0.25, 0.3) is 6.08 Å². The molecule has 3 nitrogen and oxygen atoms in total. The third-order valence-corrected chi connectivity index (χ3v) is 3.35. The van der Waals surface area contributed by atoms with E-state index in [4.69, 9.17) is 16.3 Å². The molecule has 0 heterocycles. The van der Waals surface area contributed by atoms with Crippen molar-refractivity contribution in [1.29, 1.82) is 0 Å². The van der Waals surface area contributed by atoms with Crippen molar-refractivity contribution in [1.82, 2.24) is 0 Å². The largest absolute Gasteiger partial charge is 0.451 e. The second-order valence-electron chi connectivity index (χ2n) is 4.81. The van der Waals surface area contributed by atoms with Crippen molar-refractivity contribution in [2.24, 2.45) is 0 Å². The molecule has 0 aliphatic heterocycles. The minimum atomic E-state index is -0.950. The molecule has 1 atom stereocenters. The van der Waals surface area contributed by atoms with E-state index < -0.39 is 17.9 Å². The van der Waals surface area contributed by atoms with Crippen molar-refractivity contribution in [2.45, 2.75) is 13.0 Å². The molecule has 0 bridgehead atoms. The van der Waals surface area contributed by atoms with Gasteiger partial charge in [-0.15, -0.1) is 0 Å². The van der Waals surface area contributed by atoms with E-state index in [9.17, 15) is 14.0 Å². The van der Waals surface area contributed by atoms with Gasteiger partial charge in [-0.2, -0.15) is 0 Å². The second kappa shape index (κ2) is 7.70. The molecule has 0 N–H and O–H groups in total. The molecule has 2 aromatic carbocycles. The van der Waals surface area contributed by atoms with Crippen LogP contribution in [-0.2, 0) is 9.53 Å². The summed E-state index contributed by atoms with van der Waals surface area (Å²) in [5, 5.41) is 0.513. The Hall–Kier alpha value is -2.46. The molecule has 0 radical (unpaired) electrons. The molecule has 118 valence electrons. The summed E-state index contributed by atoms with van der Waals surface area (Å²) in [6, 6.07) is 12.3. The van der Waals surface area contributed by atoms with Crippen LogP contribution in [0.15, 0.2) is 54.6 Å². The third kappa shape index (κ3) is 4.76. The van der Waals surface area contributed by atoms with E-state index in [-0.39, 0.29) is 11.3 Å². The number of esters is 1. The van der Waals surface area contributed by atoms with Crippen molar-refractivity contribution >= 4 is 29.4 Å². The first-order chi connectivity index (χ1) is 11.0. The summed E-state index contributed by atoms with van der Waals surface area (Å²) in [6.45, 7) is 1.48. The highest BCUT2D eigenvalue weighted by Crippen LogP contribution is 2.13. The molecule has 0 aromatic heterocycles. The normalized spacial score (nSPS) is 12.1. The van der Waals surface area contributed by atoms with Gasteiger partial charge >= 0.3 is 5.97 Å². The molecule has 23 heavy (non-hydrogen) atoms. The summed E-state index contributed by atoms with van der Waals surface area (Å²) in [6.07, 6.45) is 1.44. The SMILES string of the molecule is C[C@@H](OC(=O)/C=C/c1ccccc1F)C(=O)c1ccc(Cl)cc1. The van der Waals surface area contributed by atoms with Crippen molar-refractivity contribution in [3.63, 3.8) is 0 Å². The molecule has 0 amide bonds. The zero-order chi connectivity index (χ0) is 16.8. The van der Waals surface area contributed by atoms with E-state index >= 15 is 0 Å². The Kier molecular flexibility index (Phi) is 5.66. The summed E-state index contributed by atoms with van der Waals surface area (Å²) in [5.74, 6) is -1.50. The van der Waals surface area contributed by atoms with Gasteiger partial charge in [0.1, 0.15) is 5.82 Å². The van der Waals surface area contributed by atoms with Gasteiger partial charge in [-0.3, -0.25) is 4.79 Å². The van der Waals surface area contributed by atoms with E-state index in [1.807, 2.05) is 0 Å². The third-order valence-electron chi connectivity index (χ3n) is 3.10. The molecule has 2 rings (SSSR count). The average Bonchev–Trinajstić information content (AvgIpc) is 2.54. The molecule has 0 saturated carbocycles. The topological polar surface area (TPSA) is 43.4 Å². The highest BCUT2D eigenvalue weighted by molar-refractivity contribution is 6.30. The number of halogens is 2. The van der Waals surface area contributed by atoms with Crippen LogP contribution in [0.5, 0.6) is 0 Å². The number of carbonyl (C=O) groups is 2. The Morgan fingerprint density at radius 2 is 1.78 bits per heavy atom. The number of rotatable bonds is 5. The number of benzene rings is 2. The van der Waals surface area contributed by atoms with Crippen LogP contribution < -0.4 is 0 Å². The average molecular weight is 333 g/mol. The number of ether oxygens (including phenoxy) is 1. The highest BCUT2D eigenvalue weighted by atomic mass is 35.5. The molecular formula is C18H14ClFO3. The van der Waals surface area contributed by atoms with Gasteiger partial charge in [-0.25, -0.2) is 9.18 Å². The lowest BCUT2D eigenvalue weighted by molar-refractivity contribution is -0.140. The minimum Gasteiger partial charge on any atom is -0.451 e. The summed E-state index contributed by atoms with van der Waals surface area (Å²) in [7, 11) is 0. The molecule has 0 spiro atoms. The molecule has 0 aliphatic rings. The van der Waals surface area contributed by atoms with Gasteiger partial charge in [-0.05, 0) is 43.3 Å². The number of ketones is 1. The number of hydrogen-bond acceptors (Lipinski definition) is 3. The predicted molar refractivity (Wildman–Crippen MR) is 86.8 cm³/mol. The Morgan fingerprint density at radius 3 is 2.43 bits per heavy atom. The zero-order valence-corrected chi connectivity index (χ0v) is 13.1. The van der Waals surface area contributed by atoms with Crippen molar-refractivity contribution in [3.8, 4) is 0 Å². The fourth-order valence-electron chi connectivity index (χ4n) is 1.88. The first kappa shape index (κ1) is 16.9. The monoisotopic (exact) mass is 332 g/mol. The van der Waals surface area contributed by atoms with Gasteiger partial charge in [0, 0.05) is 22.2 Å². The second-order valence-corrected chi connectivity index (χ2v) is 5.24. The van der Waals surface area contributed by atoms with Crippen LogP contribution in [-0.4, -0.2) is 17.9 Å². The standard InChI is InChI=1S/C18H14ClFO3/c1-12(18(22)14-6-9-15(19)10-7-14)23-17(21)11-8-13-4-2-3-5-16(13)20/h2-12H,1H3/b11-8+/t12-/m1/s1. The van der Waals surface area contributed by atoms with Crippen LogP contribution in [0.3, 0.4) is 0 Å². The van der Waals surface area contributed by atoms with Gasteiger partial charge < -0.3 is 4.74 Å². The fourth-order valence-corrected chi connectivity index (χ4v) is 2.01. The zero-order valence-electron chi connectivity index (χ0n) is 12.3. The lowest BCUT2D eigenvalue weighted by atomic mass is 10.1. The molecule has 2 aromatic rings. The van der Waals surface area contributed by atoms with Crippen LogP contribution in [0.4, 0.5) is 4.39 Å². The molecule has 0 fully saturated rings. The Balaban J connectivity index is 1.98. The Bertz CT molecular complexity index is 738. The van der Waals surface area contributed by atoms with E-state index in [0.29, 0.717) is 10.6 Å². The van der Waals surface area contributed by atoms with Crippen LogP contribution in [0.1, 0.15) is 22.8 Å². The maximum absolute atomic E-state index is 13.4. The van der Waals surface area contributed by atoms with Gasteiger partial charge in [-0.1, -0.05) is 29.8 Å². The molecule has 0 saturated heterocycles. The van der Waals surface area contributed by atoms with Gasteiger partial charge in [0.2, 0.25) is 5.78 Å². The maximum Gasteiger partial charge on any atom is 0.331 e. The number of hydrogen-bond donors (Lipinski definition) is 0. The van der Waals surface area contributed by atoms with Crippen LogP contribution in [0.2, 0.25) is 5.02 Å². The molecule has 0 unspecified atom stereocenters. The van der Waals surface area contributed by atoms with E-state index in [2.05, 4.69) is 0 Å². The minimum absolute atomic E-state index is 0.265. The highest BCUT2D eigenvalue weighted by Gasteiger charge is 2.18. The van der Waals surface area contributed by atoms with Crippen molar-refractivity contribution in [2.75, 3.05) is 0 Å². The summed E-state index contributed by atoms with van der Waals surface area (Å²) < 4.78 is 18.4. The van der Waals surface area contributed by atoms with Gasteiger partial charge in [0.05, 0.1) is 0 Å². The predicted octanol–water partition coefficient (Wildman–Crippen LogP) is 4.31. The van der Waals surface area contributed by atoms with Crippen molar-refractivity contribution in [3.05, 3.63) is 76.6 Å². The molecular weight excluding hydrogens is 319 g/mol. The van der Waals surface area contributed by atoms with E-state index in [1.54, 1.807) is 36.4 Å². The van der Waals surface area contributed by atoms with E-state index in [0.717, 1.165) is 6.08 Å². The Labute approximate surface area is 138 Å². The van der Waals surface area contributed by atoms with Crippen molar-refractivity contribution < 1.29 is 18.7 Å². The fraction of sp³-hybridized carbons (Fsp3) is 0.111. The quantitative estimate of drug-likeness (QED) is 0.465. The van der Waals surface area contributed by atoms with E-state index in [1.165, 1.54) is 25.1 Å².